The molecule has 1 aliphatic rings. The van der Waals surface area contributed by atoms with E-state index in [0.29, 0.717) is 6.54 Å². The van der Waals surface area contributed by atoms with Crippen LogP contribution in [0.3, 0.4) is 0 Å². The Labute approximate surface area is 196 Å². The molecule has 5 nitrogen and oxygen atoms in total. The second-order valence-corrected chi connectivity index (χ2v) is 7.75. The minimum atomic E-state index is 0. The van der Waals surface area contributed by atoms with E-state index in [0.717, 1.165) is 25.6 Å². The van der Waals surface area contributed by atoms with Crippen LogP contribution in [0.2, 0.25) is 0 Å². The summed E-state index contributed by atoms with van der Waals surface area (Å²) in [4.78, 5) is 8.88. The van der Waals surface area contributed by atoms with Gasteiger partial charge in [-0.15, -0.1) is 24.0 Å². The molecule has 1 heterocycles. The third kappa shape index (κ3) is 5.84. The Hall–Kier alpha value is -2.35. The first-order valence-electron chi connectivity index (χ1n) is 10.4. The van der Waals surface area contributed by atoms with Crippen molar-refractivity contribution in [1.82, 2.24) is 20.2 Å². The normalized spacial score (nSPS) is 14.6. The van der Waals surface area contributed by atoms with E-state index in [9.17, 15) is 0 Å². The molecule has 3 aromatic rings. The molecule has 30 heavy (non-hydrogen) atoms. The van der Waals surface area contributed by atoms with Crippen LogP contribution >= 0.6 is 24.0 Å². The maximum Gasteiger partial charge on any atom is 0.191 e. The molecule has 0 spiro atoms. The van der Waals surface area contributed by atoms with Crippen molar-refractivity contribution < 1.29 is 0 Å². The Morgan fingerprint density at radius 1 is 1.03 bits per heavy atom. The molecule has 0 aliphatic heterocycles. The van der Waals surface area contributed by atoms with Crippen molar-refractivity contribution in [2.24, 2.45) is 4.99 Å². The number of rotatable bonds is 8. The van der Waals surface area contributed by atoms with Gasteiger partial charge in [-0.3, -0.25) is 0 Å². The smallest absolute Gasteiger partial charge is 0.191 e. The second-order valence-electron chi connectivity index (χ2n) is 7.75. The summed E-state index contributed by atoms with van der Waals surface area (Å²) in [5.41, 5.74) is 4.17. The topological polar surface area (TPSA) is 54.2 Å². The van der Waals surface area contributed by atoms with Crippen molar-refractivity contribution in [2.45, 2.75) is 38.3 Å². The van der Waals surface area contributed by atoms with Gasteiger partial charge in [0, 0.05) is 37.4 Å². The van der Waals surface area contributed by atoms with Crippen molar-refractivity contribution in [3.63, 3.8) is 0 Å². The SMILES string of the molecule is CCNC(=NCc1ccc(Cn2ccnc2)cc1)NCC1(c2ccccc2)CC1.I. The lowest BCUT2D eigenvalue weighted by atomic mass is 9.96. The van der Waals surface area contributed by atoms with E-state index in [1.807, 2.05) is 18.7 Å². The lowest BCUT2D eigenvalue weighted by Crippen LogP contribution is -2.41. The van der Waals surface area contributed by atoms with E-state index in [-0.39, 0.29) is 29.4 Å². The van der Waals surface area contributed by atoms with E-state index < -0.39 is 0 Å². The Kier molecular flexibility index (Phi) is 7.90. The molecule has 0 amide bonds. The molecule has 0 atom stereocenters. The summed E-state index contributed by atoms with van der Waals surface area (Å²) in [6, 6.07) is 19.5. The standard InChI is InChI=1S/C24H29N5.HI/c1-2-26-23(28-18-24(12-13-24)22-6-4-3-5-7-22)27-16-20-8-10-21(11-9-20)17-29-15-14-25-19-29;/h3-11,14-15,19H,2,12-13,16-18H2,1H3,(H2,26,27,28);1H. The molecule has 1 fully saturated rings. The van der Waals surface area contributed by atoms with Crippen molar-refractivity contribution in [1.29, 1.82) is 0 Å². The zero-order valence-corrected chi connectivity index (χ0v) is 19.8. The highest BCUT2D eigenvalue weighted by atomic mass is 127. The van der Waals surface area contributed by atoms with Crippen LogP contribution < -0.4 is 10.6 Å². The number of nitrogens with zero attached hydrogens (tertiary/aromatic N) is 3. The molecular weight excluding hydrogens is 485 g/mol. The van der Waals surface area contributed by atoms with E-state index >= 15 is 0 Å². The predicted molar refractivity (Wildman–Crippen MR) is 133 cm³/mol. The highest BCUT2D eigenvalue weighted by molar-refractivity contribution is 14.0. The minimum absolute atomic E-state index is 0. The molecule has 2 aromatic carbocycles. The Bertz CT molecular complexity index is 916. The Morgan fingerprint density at radius 3 is 2.40 bits per heavy atom. The number of imidazole rings is 1. The first-order valence-corrected chi connectivity index (χ1v) is 10.4. The number of aliphatic imine (C=N–C) groups is 1. The first kappa shape index (κ1) is 22.3. The number of halogens is 1. The van der Waals surface area contributed by atoms with Gasteiger partial charge in [0.15, 0.2) is 5.96 Å². The quantitative estimate of drug-likeness (QED) is 0.267. The van der Waals surface area contributed by atoms with E-state index in [1.165, 1.54) is 29.5 Å². The van der Waals surface area contributed by atoms with Gasteiger partial charge in [-0.2, -0.15) is 0 Å². The van der Waals surface area contributed by atoms with Crippen LogP contribution in [0.4, 0.5) is 0 Å². The predicted octanol–water partition coefficient (Wildman–Crippen LogP) is 4.34. The van der Waals surface area contributed by atoms with Crippen molar-refractivity contribution in [3.05, 3.63) is 90.0 Å². The maximum absolute atomic E-state index is 4.79. The lowest BCUT2D eigenvalue weighted by molar-refractivity contribution is 0.646. The van der Waals surface area contributed by atoms with Crippen LogP contribution in [0.15, 0.2) is 78.3 Å². The van der Waals surface area contributed by atoms with Crippen molar-refractivity contribution >= 4 is 29.9 Å². The monoisotopic (exact) mass is 515 g/mol. The van der Waals surface area contributed by atoms with Crippen LogP contribution in [-0.4, -0.2) is 28.6 Å². The van der Waals surface area contributed by atoms with Gasteiger partial charge in [0.05, 0.1) is 12.9 Å². The zero-order chi connectivity index (χ0) is 19.9. The van der Waals surface area contributed by atoms with E-state index in [1.54, 1.807) is 0 Å². The highest BCUT2D eigenvalue weighted by Gasteiger charge is 2.43. The summed E-state index contributed by atoms with van der Waals surface area (Å²) in [5, 5.41) is 6.94. The van der Waals surface area contributed by atoms with Crippen LogP contribution in [0.5, 0.6) is 0 Å². The molecule has 4 rings (SSSR count). The van der Waals surface area contributed by atoms with Gasteiger partial charge in [-0.25, -0.2) is 9.98 Å². The average molecular weight is 515 g/mol. The number of guanidine groups is 1. The molecule has 1 aromatic heterocycles. The molecule has 0 saturated heterocycles. The zero-order valence-electron chi connectivity index (χ0n) is 17.4. The summed E-state index contributed by atoms with van der Waals surface area (Å²) in [6.07, 6.45) is 8.11. The third-order valence-electron chi connectivity index (χ3n) is 5.55. The molecule has 1 saturated carbocycles. The Balaban J connectivity index is 0.00000256. The number of nitrogens with one attached hydrogen (secondary N) is 2. The lowest BCUT2D eigenvalue weighted by Gasteiger charge is -2.19. The van der Waals surface area contributed by atoms with E-state index in [2.05, 4.69) is 81.7 Å². The summed E-state index contributed by atoms with van der Waals surface area (Å²) in [7, 11) is 0. The van der Waals surface area contributed by atoms with Crippen molar-refractivity contribution in [3.8, 4) is 0 Å². The average Bonchev–Trinajstić information content (AvgIpc) is 3.39. The maximum atomic E-state index is 4.79. The van der Waals surface area contributed by atoms with Crippen LogP contribution in [-0.2, 0) is 18.5 Å². The van der Waals surface area contributed by atoms with Crippen LogP contribution in [0.1, 0.15) is 36.5 Å². The van der Waals surface area contributed by atoms with Gasteiger partial charge in [-0.05, 0) is 36.5 Å². The summed E-state index contributed by atoms with van der Waals surface area (Å²) < 4.78 is 2.07. The molecule has 0 radical (unpaired) electrons. The highest BCUT2D eigenvalue weighted by Crippen LogP contribution is 2.47. The molecule has 0 unspecified atom stereocenters. The van der Waals surface area contributed by atoms with Crippen molar-refractivity contribution in [2.75, 3.05) is 13.1 Å². The van der Waals surface area contributed by atoms with Crippen LogP contribution in [0, 0.1) is 0 Å². The fourth-order valence-corrected chi connectivity index (χ4v) is 3.62. The molecule has 2 N–H and O–H groups in total. The fourth-order valence-electron chi connectivity index (χ4n) is 3.62. The summed E-state index contributed by atoms with van der Waals surface area (Å²) in [5.74, 6) is 0.886. The number of hydrogen-bond donors (Lipinski definition) is 2. The van der Waals surface area contributed by atoms with Gasteiger partial charge in [-0.1, -0.05) is 54.6 Å². The summed E-state index contributed by atoms with van der Waals surface area (Å²) >= 11 is 0. The van der Waals surface area contributed by atoms with Gasteiger partial charge in [0.2, 0.25) is 0 Å². The molecular formula is C24H30IN5. The fraction of sp³-hybridized carbons (Fsp3) is 0.333. The summed E-state index contributed by atoms with van der Waals surface area (Å²) in [6.45, 7) is 5.39. The van der Waals surface area contributed by atoms with Gasteiger partial charge < -0.3 is 15.2 Å². The molecule has 0 bridgehead atoms. The number of benzene rings is 2. The minimum Gasteiger partial charge on any atom is -0.357 e. The number of aromatic nitrogens is 2. The van der Waals surface area contributed by atoms with Crippen LogP contribution in [0.25, 0.3) is 0 Å². The molecule has 6 heteroatoms. The molecule has 158 valence electrons. The van der Waals surface area contributed by atoms with Gasteiger partial charge in [0.25, 0.3) is 0 Å². The number of hydrogen-bond acceptors (Lipinski definition) is 2. The molecule has 1 aliphatic carbocycles. The second kappa shape index (κ2) is 10.6. The largest absolute Gasteiger partial charge is 0.357 e. The Morgan fingerprint density at radius 2 is 1.77 bits per heavy atom. The van der Waals surface area contributed by atoms with Gasteiger partial charge >= 0.3 is 0 Å². The third-order valence-corrected chi connectivity index (χ3v) is 5.55. The van der Waals surface area contributed by atoms with Gasteiger partial charge in [0.1, 0.15) is 0 Å². The van der Waals surface area contributed by atoms with E-state index in [4.69, 9.17) is 4.99 Å². The first-order chi connectivity index (χ1) is 14.3.